The maximum Gasteiger partial charge on any atom is 0.500 e. The van der Waals surface area contributed by atoms with Crippen LogP contribution in [-0.2, 0) is 26.6 Å². The molecule has 0 unspecified atom stereocenters. The lowest BCUT2D eigenvalue weighted by Crippen LogP contribution is -2.46. The van der Waals surface area contributed by atoms with Gasteiger partial charge >= 0.3 is 17.6 Å². The van der Waals surface area contributed by atoms with Crippen molar-refractivity contribution < 1.29 is 26.6 Å². The summed E-state index contributed by atoms with van der Waals surface area (Å²) in [6.07, 6.45) is 8.04. The summed E-state index contributed by atoms with van der Waals surface area (Å²) in [5, 5.41) is 0. The Morgan fingerprint density at radius 3 is 0.889 bits per heavy atom. The fourth-order valence-electron chi connectivity index (χ4n) is 3.03. The zero-order chi connectivity index (χ0) is 26.8. The molecular weight excluding hydrogens is 569 g/mol. The molecule has 0 aromatic heterocycles. The van der Waals surface area contributed by atoms with Gasteiger partial charge in [0.05, 0.1) is 0 Å². The predicted molar refractivity (Wildman–Crippen MR) is 168 cm³/mol. The molecule has 0 spiro atoms. The Balaban J connectivity index is 4.30. The van der Waals surface area contributed by atoms with Crippen molar-refractivity contribution in [3.05, 3.63) is 0 Å². The molecule has 0 amide bonds. The lowest BCUT2D eigenvalue weighted by Gasteiger charge is -2.29. The minimum atomic E-state index is -2.56. The summed E-state index contributed by atoms with van der Waals surface area (Å²) in [5.41, 5.74) is 0. The molecule has 0 aliphatic heterocycles. The first-order chi connectivity index (χ1) is 17.6. The van der Waals surface area contributed by atoms with Gasteiger partial charge in [-0.05, 0) is 71.0 Å². The van der Waals surface area contributed by atoms with E-state index in [1.54, 1.807) is 0 Å². The van der Waals surface area contributed by atoms with Crippen molar-refractivity contribution in [3.8, 4) is 0 Å². The van der Waals surface area contributed by atoms with Crippen LogP contribution >= 0.6 is 41.2 Å². The third kappa shape index (κ3) is 19.6. The van der Waals surface area contributed by atoms with Crippen molar-refractivity contribution in [2.24, 2.45) is 0 Å². The summed E-state index contributed by atoms with van der Waals surface area (Å²) in [4.78, 5) is 0. The van der Waals surface area contributed by atoms with E-state index >= 15 is 0 Å². The van der Waals surface area contributed by atoms with E-state index in [-0.39, 0.29) is 0 Å². The minimum absolute atomic E-state index is 0.717. The van der Waals surface area contributed by atoms with E-state index in [2.05, 4.69) is 41.5 Å². The number of rotatable bonds is 29. The fourth-order valence-corrected chi connectivity index (χ4v) is 15.4. The van der Waals surface area contributed by atoms with Crippen LogP contribution in [0.2, 0.25) is 12.1 Å². The minimum Gasteiger partial charge on any atom is -0.373 e. The molecule has 0 atom stereocenters. The molecule has 0 aliphatic rings. The van der Waals surface area contributed by atoms with E-state index in [0.717, 1.165) is 75.0 Å². The van der Waals surface area contributed by atoms with Gasteiger partial charge in [-0.3, -0.25) is 0 Å². The Hall–Kier alpha value is 1.59. The molecule has 0 rings (SSSR count). The van der Waals surface area contributed by atoms with Gasteiger partial charge in [0.25, 0.3) is 0 Å². The monoisotopic (exact) mass is 622 g/mol. The summed E-state index contributed by atoms with van der Waals surface area (Å²) >= 11 is 0. The van der Waals surface area contributed by atoms with Crippen LogP contribution in [0.5, 0.6) is 0 Å². The van der Waals surface area contributed by atoms with Crippen LogP contribution in [0.25, 0.3) is 0 Å². The molecule has 0 bridgehead atoms. The summed E-state index contributed by atoms with van der Waals surface area (Å²) in [7, 11) is 2.43. The number of hydrogen-bond acceptors (Lipinski definition) is 10. The van der Waals surface area contributed by atoms with E-state index in [1.807, 2.05) is 41.2 Å². The highest BCUT2D eigenvalue weighted by Crippen LogP contribution is 2.44. The first kappa shape index (κ1) is 37.6. The summed E-state index contributed by atoms with van der Waals surface area (Å²) in [6, 6.07) is 1.80. The van der Waals surface area contributed by atoms with Gasteiger partial charge in [-0.1, -0.05) is 63.1 Å². The van der Waals surface area contributed by atoms with Gasteiger partial charge < -0.3 is 26.6 Å². The average Bonchev–Trinajstić information content (AvgIpc) is 2.90. The van der Waals surface area contributed by atoms with Crippen molar-refractivity contribution >= 4 is 58.8 Å². The fraction of sp³-hybridized carbons (Fsp3) is 1.00. The highest BCUT2D eigenvalue weighted by molar-refractivity contribution is 9.26. The Labute approximate surface area is 240 Å². The van der Waals surface area contributed by atoms with E-state index < -0.39 is 17.6 Å². The van der Waals surface area contributed by atoms with Crippen LogP contribution in [0.3, 0.4) is 0 Å². The van der Waals surface area contributed by atoms with Crippen molar-refractivity contribution in [2.75, 3.05) is 51.1 Å². The normalized spacial score (nSPS) is 12.5. The van der Waals surface area contributed by atoms with Crippen molar-refractivity contribution in [2.45, 2.75) is 105 Å². The zero-order valence-corrected chi connectivity index (χ0v) is 29.1. The van der Waals surface area contributed by atoms with Crippen LogP contribution in [-0.4, -0.2) is 68.8 Å². The molecule has 36 heavy (non-hydrogen) atoms. The van der Waals surface area contributed by atoms with Gasteiger partial charge in [-0.15, -0.1) is 0 Å². The number of hydrogen-bond donors (Lipinski definition) is 0. The quantitative estimate of drug-likeness (QED) is 0.0459. The second kappa shape index (κ2) is 26.8. The van der Waals surface area contributed by atoms with Gasteiger partial charge in [0.1, 0.15) is 0 Å². The SMILES string of the molecule is CCCO[Si](CCCSSSSCCC[Si](OCCC)(OCCC)OCCC)(OCCC)OCCC. The van der Waals surface area contributed by atoms with Crippen LogP contribution < -0.4 is 0 Å². The van der Waals surface area contributed by atoms with E-state index in [0.29, 0.717) is 39.6 Å². The largest absolute Gasteiger partial charge is 0.500 e. The van der Waals surface area contributed by atoms with Gasteiger partial charge in [-0.25, -0.2) is 0 Å². The summed E-state index contributed by atoms with van der Waals surface area (Å²) < 4.78 is 37.2. The maximum absolute atomic E-state index is 6.20. The molecule has 0 aliphatic carbocycles. The molecule has 0 aromatic carbocycles. The Morgan fingerprint density at radius 1 is 0.417 bits per heavy atom. The van der Waals surface area contributed by atoms with Gasteiger partial charge in [0.15, 0.2) is 0 Å². The van der Waals surface area contributed by atoms with E-state index in [4.69, 9.17) is 26.6 Å². The second-order valence-electron chi connectivity index (χ2n) is 8.44. The van der Waals surface area contributed by atoms with Crippen LogP contribution in [0, 0.1) is 0 Å². The molecule has 0 fully saturated rings. The van der Waals surface area contributed by atoms with Crippen LogP contribution in [0.15, 0.2) is 0 Å². The molecule has 6 nitrogen and oxygen atoms in total. The zero-order valence-electron chi connectivity index (χ0n) is 23.8. The highest BCUT2D eigenvalue weighted by Gasteiger charge is 2.41. The smallest absolute Gasteiger partial charge is 0.373 e. The van der Waals surface area contributed by atoms with Crippen LogP contribution in [0.4, 0.5) is 0 Å². The molecule has 0 aromatic rings. The van der Waals surface area contributed by atoms with Gasteiger partial charge in [-0.2, -0.15) is 0 Å². The molecular formula is C24H54O6S4Si2. The average molecular weight is 623 g/mol. The lowest BCUT2D eigenvalue weighted by molar-refractivity contribution is 0.0585. The summed E-state index contributed by atoms with van der Waals surface area (Å²) in [6.45, 7) is 17.1. The van der Waals surface area contributed by atoms with E-state index in [9.17, 15) is 0 Å². The highest BCUT2D eigenvalue weighted by atomic mass is 33.7. The Bertz CT molecular complexity index is 389. The molecule has 0 heterocycles. The standard InChI is InChI=1S/C24H54O6S4Si2/c1-7-15-25-35(26-16-8-2,27-17-9-3)23-13-21-31-33-34-32-22-14-24-36(28-18-10-4,29-19-11-5)30-20-12-6/h7-24H2,1-6H3. The van der Waals surface area contributed by atoms with Crippen molar-refractivity contribution in [1.29, 1.82) is 0 Å². The Morgan fingerprint density at radius 2 is 0.667 bits per heavy atom. The van der Waals surface area contributed by atoms with Crippen LogP contribution in [0.1, 0.15) is 92.9 Å². The van der Waals surface area contributed by atoms with Gasteiger partial charge in [0, 0.05) is 63.2 Å². The lowest BCUT2D eigenvalue weighted by atomic mass is 10.5. The van der Waals surface area contributed by atoms with E-state index in [1.165, 1.54) is 0 Å². The first-order valence-electron chi connectivity index (χ1n) is 14.0. The third-order valence-corrected chi connectivity index (χ3v) is 17.1. The predicted octanol–water partition coefficient (Wildman–Crippen LogP) is 8.88. The topological polar surface area (TPSA) is 55.4 Å². The maximum atomic E-state index is 6.20. The molecule has 218 valence electrons. The molecule has 0 radical (unpaired) electrons. The second-order valence-corrected chi connectivity index (χ2v) is 20.1. The first-order valence-corrected chi connectivity index (χ1v) is 23.0. The van der Waals surface area contributed by atoms with Crippen molar-refractivity contribution in [3.63, 3.8) is 0 Å². The van der Waals surface area contributed by atoms with Crippen molar-refractivity contribution in [1.82, 2.24) is 0 Å². The molecule has 0 saturated carbocycles. The summed E-state index contributed by atoms with van der Waals surface area (Å²) in [5.74, 6) is 2.15. The van der Waals surface area contributed by atoms with Gasteiger partial charge in [0.2, 0.25) is 0 Å². The Kier molecular flexibility index (Phi) is 28.0. The molecule has 12 heteroatoms. The molecule has 0 N–H and O–H groups in total. The third-order valence-electron chi connectivity index (χ3n) is 4.70. The molecule has 0 saturated heterocycles.